The van der Waals surface area contributed by atoms with Crippen molar-refractivity contribution >= 4 is 11.6 Å². The van der Waals surface area contributed by atoms with Gasteiger partial charge in [0.15, 0.2) is 0 Å². The van der Waals surface area contributed by atoms with E-state index in [0.29, 0.717) is 5.69 Å². The topological polar surface area (TPSA) is 55.0 Å². The highest BCUT2D eigenvalue weighted by atomic mass is 15.3. The van der Waals surface area contributed by atoms with Gasteiger partial charge in [-0.1, -0.05) is 6.92 Å². The molecule has 1 unspecified atom stereocenters. The van der Waals surface area contributed by atoms with Gasteiger partial charge < -0.3 is 10.6 Å². The van der Waals surface area contributed by atoms with Gasteiger partial charge >= 0.3 is 0 Å². The predicted octanol–water partition coefficient (Wildman–Crippen LogP) is 1.60. The molecule has 82 valence electrons. The fraction of sp³-hybridized carbons (Fsp3) is 0.636. The summed E-state index contributed by atoms with van der Waals surface area (Å²) in [6.07, 6.45) is 4.25. The molecule has 1 aliphatic heterocycles. The van der Waals surface area contributed by atoms with E-state index in [1.54, 1.807) is 6.20 Å². The molecular formula is C11H18N4. The van der Waals surface area contributed by atoms with E-state index in [-0.39, 0.29) is 0 Å². The number of anilines is 2. The van der Waals surface area contributed by atoms with Crippen LogP contribution < -0.4 is 10.6 Å². The molecule has 0 bridgehead atoms. The summed E-state index contributed by atoms with van der Waals surface area (Å²) < 4.78 is 0. The van der Waals surface area contributed by atoms with Gasteiger partial charge in [-0.3, -0.25) is 0 Å². The molecule has 4 heteroatoms. The Morgan fingerprint density at radius 3 is 3.00 bits per heavy atom. The van der Waals surface area contributed by atoms with Crippen molar-refractivity contribution in [1.29, 1.82) is 0 Å². The van der Waals surface area contributed by atoms with Crippen LogP contribution >= 0.6 is 0 Å². The summed E-state index contributed by atoms with van der Waals surface area (Å²) in [6, 6.07) is 0. The Morgan fingerprint density at radius 1 is 1.53 bits per heavy atom. The Kier molecular flexibility index (Phi) is 2.75. The summed E-state index contributed by atoms with van der Waals surface area (Å²) in [7, 11) is 0. The lowest BCUT2D eigenvalue weighted by molar-refractivity contribution is 0.442. The molecule has 1 aromatic heterocycles. The summed E-state index contributed by atoms with van der Waals surface area (Å²) in [6.45, 7) is 6.32. The van der Waals surface area contributed by atoms with Gasteiger partial charge in [-0.05, 0) is 25.7 Å². The van der Waals surface area contributed by atoms with Gasteiger partial charge in [0.1, 0.15) is 0 Å². The second kappa shape index (κ2) is 4.04. The van der Waals surface area contributed by atoms with Crippen molar-refractivity contribution in [3.63, 3.8) is 0 Å². The van der Waals surface area contributed by atoms with E-state index in [1.807, 2.05) is 6.92 Å². The quantitative estimate of drug-likeness (QED) is 0.758. The highest BCUT2D eigenvalue weighted by Gasteiger charge is 2.18. The van der Waals surface area contributed by atoms with Gasteiger partial charge in [0.25, 0.3) is 0 Å². The molecule has 2 rings (SSSR count). The SMILES string of the molecule is Cc1nc(N2CCCC(C)C2)ncc1N. The van der Waals surface area contributed by atoms with Crippen molar-refractivity contribution in [2.45, 2.75) is 26.7 Å². The molecule has 2 heterocycles. The van der Waals surface area contributed by atoms with E-state index < -0.39 is 0 Å². The predicted molar refractivity (Wildman–Crippen MR) is 61.8 cm³/mol. The van der Waals surface area contributed by atoms with Crippen LogP contribution in [-0.2, 0) is 0 Å². The fourth-order valence-corrected chi connectivity index (χ4v) is 1.99. The van der Waals surface area contributed by atoms with E-state index >= 15 is 0 Å². The van der Waals surface area contributed by atoms with E-state index in [0.717, 1.165) is 30.6 Å². The number of rotatable bonds is 1. The van der Waals surface area contributed by atoms with Crippen molar-refractivity contribution < 1.29 is 0 Å². The molecule has 2 N–H and O–H groups in total. The van der Waals surface area contributed by atoms with Crippen LogP contribution in [0.25, 0.3) is 0 Å². The standard InChI is InChI=1S/C11H18N4/c1-8-4-3-5-15(7-8)11-13-6-10(12)9(2)14-11/h6,8H,3-5,7,12H2,1-2H3. The first kappa shape index (κ1) is 10.2. The third-order valence-electron chi connectivity index (χ3n) is 2.94. The van der Waals surface area contributed by atoms with Crippen molar-refractivity contribution in [3.05, 3.63) is 11.9 Å². The lowest BCUT2D eigenvalue weighted by Gasteiger charge is -2.31. The number of nitrogens with two attached hydrogens (primary N) is 1. The van der Waals surface area contributed by atoms with Crippen LogP contribution in [0.4, 0.5) is 11.6 Å². The van der Waals surface area contributed by atoms with Crippen LogP contribution in [-0.4, -0.2) is 23.1 Å². The molecule has 1 aliphatic rings. The van der Waals surface area contributed by atoms with E-state index in [4.69, 9.17) is 5.73 Å². The number of aryl methyl sites for hydroxylation is 1. The van der Waals surface area contributed by atoms with Crippen LogP contribution in [0.3, 0.4) is 0 Å². The molecule has 1 atom stereocenters. The summed E-state index contributed by atoms with van der Waals surface area (Å²) >= 11 is 0. The maximum Gasteiger partial charge on any atom is 0.225 e. The largest absolute Gasteiger partial charge is 0.396 e. The average molecular weight is 206 g/mol. The van der Waals surface area contributed by atoms with Gasteiger partial charge in [-0.25, -0.2) is 9.97 Å². The number of hydrogen-bond acceptors (Lipinski definition) is 4. The van der Waals surface area contributed by atoms with Gasteiger partial charge in [0.2, 0.25) is 5.95 Å². The first-order chi connectivity index (χ1) is 7.16. The van der Waals surface area contributed by atoms with Crippen molar-refractivity contribution in [2.24, 2.45) is 5.92 Å². The number of aromatic nitrogens is 2. The average Bonchev–Trinajstić information content (AvgIpc) is 2.22. The Balaban J connectivity index is 2.18. The number of piperidine rings is 1. The monoisotopic (exact) mass is 206 g/mol. The minimum Gasteiger partial charge on any atom is -0.396 e. The molecule has 0 radical (unpaired) electrons. The zero-order valence-electron chi connectivity index (χ0n) is 9.40. The molecule has 15 heavy (non-hydrogen) atoms. The molecule has 1 fully saturated rings. The number of nitrogen functional groups attached to an aromatic ring is 1. The van der Waals surface area contributed by atoms with E-state index in [2.05, 4.69) is 21.8 Å². The summed E-state index contributed by atoms with van der Waals surface area (Å²) in [5.41, 5.74) is 7.25. The molecule has 4 nitrogen and oxygen atoms in total. The Hall–Kier alpha value is -1.32. The molecule has 0 aliphatic carbocycles. The lowest BCUT2D eigenvalue weighted by atomic mass is 10.0. The maximum absolute atomic E-state index is 5.70. The highest BCUT2D eigenvalue weighted by Crippen LogP contribution is 2.20. The van der Waals surface area contributed by atoms with Crippen molar-refractivity contribution in [2.75, 3.05) is 23.7 Å². The number of hydrogen-bond donors (Lipinski definition) is 1. The van der Waals surface area contributed by atoms with Crippen LogP contribution in [0.2, 0.25) is 0 Å². The van der Waals surface area contributed by atoms with Crippen LogP contribution in [0.1, 0.15) is 25.5 Å². The second-order valence-corrected chi connectivity index (χ2v) is 4.40. The van der Waals surface area contributed by atoms with Crippen molar-refractivity contribution in [1.82, 2.24) is 9.97 Å². The second-order valence-electron chi connectivity index (χ2n) is 4.40. The van der Waals surface area contributed by atoms with Gasteiger partial charge in [0.05, 0.1) is 17.6 Å². The van der Waals surface area contributed by atoms with Gasteiger partial charge in [0, 0.05) is 13.1 Å². The molecule has 0 saturated carbocycles. The third kappa shape index (κ3) is 2.19. The van der Waals surface area contributed by atoms with Crippen LogP contribution in [0.5, 0.6) is 0 Å². The first-order valence-electron chi connectivity index (χ1n) is 5.51. The highest BCUT2D eigenvalue weighted by molar-refractivity contribution is 5.44. The molecule has 0 spiro atoms. The smallest absolute Gasteiger partial charge is 0.225 e. The lowest BCUT2D eigenvalue weighted by Crippen LogP contribution is -2.35. The molecule has 1 saturated heterocycles. The summed E-state index contributed by atoms with van der Waals surface area (Å²) in [5.74, 6) is 1.56. The molecule has 1 aromatic rings. The minimum absolute atomic E-state index is 0.670. The maximum atomic E-state index is 5.70. The Morgan fingerprint density at radius 2 is 2.33 bits per heavy atom. The third-order valence-corrected chi connectivity index (χ3v) is 2.94. The number of nitrogens with zero attached hydrogens (tertiary/aromatic N) is 3. The van der Waals surface area contributed by atoms with Crippen LogP contribution in [0.15, 0.2) is 6.20 Å². The zero-order chi connectivity index (χ0) is 10.8. The summed E-state index contributed by atoms with van der Waals surface area (Å²) in [4.78, 5) is 11.0. The van der Waals surface area contributed by atoms with Crippen LogP contribution in [0, 0.1) is 12.8 Å². The zero-order valence-corrected chi connectivity index (χ0v) is 9.40. The van der Waals surface area contributed by atoms with Crippen molar-refractivity contribution in [3.8, 4) is 0 Å². The molecule has 0 amide bonds. The normalized spacial score (nSPS) is 21.7. The Bertz CT molecular complexity index is 350. The van der Waals surface area contributed by atoms with Gasteiger partial charge in [-0.15, -0.1) is 0 Å². The van der Waals surface area contributed by atoms with Gasteiger partial charge in [-0.2, -0.15) is 0 Å². The fourth-order valence-electron chi connectivity index (χ4n) is 1.99. The van der Waals surface area contributed by atoms with E-state index in [1.165, 1.54) is 12.8 Å². The Labute approximate surface area is 90.5 Å². The minimum atomic E-state index is 0.670. The summed E-state index contributed by atoms with van der Waals surface area (Å²) in [5, 5.41) is 0. The molecular weight excluding hydrogens is 188 g/mol. The van der Waals surface area contributed by atoms with E-state index in [9.17, 15) is 0 Å². The molecule has 0 aromatic carbocycles. The first-order valence-corrected chi connectivity index (χ1v) is 5.51.